The molecule has 8 aromatic rings. The van der Waals surface area contributed by atoms with E-state index in [2.05, 4.69) is 89.5 Å². The molecule has 0 atom stereocenters. The minimum absolute atomic E-state index is 0.722. The summed E-state index contributed by atoms with van der Waals surface area (Å²) in [6.45, 7) is 0. The van der Waals surface area contributed by atoms with Crippen molar-refractivity contribution in [1.82, 2.24) is 4.57 Å². The van der Waals surface area contributed by atoms with Crippen LogP contribution < -0.4 is 9.47 Å². The monoisotopic (exact) mass is 505 g/mol. The molecule has 3 heterocycles. The fourth-order valence-electron chi connectivity index (χ4n) is 5.97. The average molecular weight is 506 g/mol. The molecule has 0 bridgehead atoms. The summed E-state index contributed by atoms with van der Waals surface area (Å²) < 4.78 is 17.4. The van der Waals surface area contributed by atoms with E-state index in [0.717, 1.165) is 28.7 Å². The minimum atomic E-state index is 0.722. The molecule has 0 spiro atoms. The lowest BCUT2D eigenvalue weighted by molar-refractivity contribution is 0.359. The summed E-state index contributed by atoms with van der Waals surface area (Å²) in [5, 5.41) is 7.65. The number of fused-ring (bicyclic) bond motifs is 11. The third kappa shape index (κ3) is 2.67. The summed E-state index contributed by atoms with van der Waals surface area (Å²) >= 11 is 1.87. The first kappa shape index (κ1) is 20.3. The molecule has 0 unspecified atom stereocenters. The Morgan fingerprint density at radius 1 is 0.474 bits per heavy atom. The highest BCUT2D eigenvalue weighted by atomic mass is 32.1. The Hall–Kier alpha value is -4.80. The summed E-state index contributed by atoms with van der Waals surface area (Å²) in [7, 11) is 0. The molecule has 0 N–H and O–H groups in total. The second-order valence-corrected chi connectivity index (χ2v) is 10.8. The fourth-order valence-corrected chi connectivity index (χ4v) is 7.20. The number of thiophene rings is 1. The first-order chi connectivity index (χ1) is 18.8. The Morgan fingerprint density at radius 3 is 1.92 bits per heavy atom. The van der Waals surface area contributed by atoms with Crippen LogP contribution in [0.25, 0.3) is 58.4 Å². The van der Waals surface area contributed by atoms with Gasteiger partial charge in [0.1, 0.15) is 0 Å². The van der Waals surface area contributed by atoms with Gasteiger partial charge in [0.2, 0.25) is 0 Å². The van der Waals surface area contributed by atoms with Gasteiger partial charge in [-0.05, 0) is 36.4 Å². The van der Waals surface area contributed by atoms with Gasteiger partial charge in [-0.3, -0.25) is 0 Å². The van der Waals surface area contributed by atoms with Gasteiger partial charge in [-0.2, -0.15) is 0 Å². The van der Waals surface area contributed by atoms with E-state index in [1.807, 2.05) is 41.7 Å². The average Bonchev–Trinajstić information content (AvgIpc) is 3.52. The molecule has 1 aliphatic rings. The van der Waals surface area contributed by atoms with Crippen LogP contribution in [0.2, 0.25) is 0 Å². The molecule has 0 aliphatic carbocycles. The van der Waals surface area contributed by atoms with Crippen molar-refractivity contribution in [2.45, 2.75) is 0 Å². The summed E-state index contributed by atoms with van der Waals surface area (Å²) in [4.78, 5) is 0. The largest absolute Gasteiger partial charge is 0.450 e. The van der Waals surface area contributed by atoms with Crippen LogP contribution in [0.1, 0.15) is 0 Å². The lowest BCUT2D eigenvalue weighted by Gasteiger charge is -2.21. The molecule has 0 amide bonds. The third-order valence-corrected chi connectivity index (χ3v) is 8.87. The molecule has 6 aromatic carbocycles. The van der Waals surface area contributed by atoms with Crippen LogP contribution in [-0.2, 0) is 0 Å². The first-order valence-corrected chi connectivity index (χ1v) is 13.5. The van der Waals surface area contributed by atoms with Gasteiger partial charge in [0.25, 0.3) is 0 Å². The Labute approximate surface area is 221 Å². The molecule has 0 saturated heterocycles. The Bertz CT molecular complexity index is 2260. The molecular weight excluding hydrogens is 486 g/mol. The van der Waals surface area contributed by atoms with Crippen LogP contribution in [-0.4, -0.2) is 4.57 Å². The van der Waals surface area contributed by atoms with Crippen LogP contribution in [0.15, 0.2) is 115 Å². The number of para-hydroxylation sites is 3. The van der Waals surface area contributed by atoms with Gasteiger partial charge in [0.15, 0.2) is 23.0 Å². The summed E-state index contributed by atoms with van der Waals surface area (Å²) in [6.07, 6.45) is 0. The van der Waals surface area contributed by atoms with Gasteiger partial charge in [-0.1, -0.05) is 72.8 Å². The molecule has 0 radical (unpaired) electrons. The topological polar surface area (TPSA) is 23.4 Å². The zero-order valence-corrected chi connectivity index (χ0v) is 21.0. The molecule has 0 fully saturated rings. The smallest absolute Gasteiger partial charge is 0.172 e. The van der Waals surface area contributed by atoms with Crippen molar-refractivity contribution in [2.24, 2.45) is 0 Å². The van der Waals surface area contributed by atoms with Crippen molar-refractivity contribution < 1.29 is 9.47 Å². The number of benzene rings is 6. The van der Waals surface area contributed by atoms with Crippen molar-refractivity contribution in [1.29, 1.82) is 0 Å². The molecular formula is C34H19NO2S. The summed E-state index contributed by atoms with van der Waals surface area (Å²) in [6, 6.07) is 40.5. The van der Waals surface area contributed by atoms with Gasteiger partial charge < -0.3 is 14.0 Å². The van der Waals surface area contributed by atoms with Gasteiger partial charge >= 0.3 is 0 Å². The maximum absolute atomic E-state index is 6.28. The maximum Gasteiger partial charge on any atom is 0.172 e. The first-order valence-electron chi connectivity index (χ1n) is 12.7. The zero-order chi connectivity index (χ0) is 24.8. The van der Waals surface area contributed by atoms with Crippen LogP contribution in [0.4, 0.5) is 0 Å². The SMILES string of the molecule is c1ccc2c(c1)Oc1ccc(-n3c4ccccc4c4ccc5c(ccc6c7ccccc7sc65)c43)cc1O2. The quantitative estimate of drug-likeness (QED) is 0.221. The van der Waals surface area contributed by atoms with E-state index >= 15 is 0 Å². The summed E-state index contributed by atoms with van der Waals surface area (Å²) in [5.74, 6) is 2.92. The molecule has 2 aromatic heterocycles. The number of nitrogens with zero attached hydrogens (tertiary/aromatic N) is 1. The number of hydrogen-bond acceptors (Lipinski definition) is 3. The number of ether oxygens (including phenoxy) is 2. The van der Waals surface area contributed by atoms with E-state index in [0.29, 0.717) is 0 Å². The van der Waals surface area contributed by atoms with Gasteiger partial charge in [0.05, 0.1) is 16.7 Å². The van der Waals surface area contributed by atoms with Gasteiger partial charge in [-0.15, -0.1) is 11.3 Å². The van der Waals surface area contributed by atoms with E-state index in [1.54, 1.807) is 0 Å². The Balaban J connectivity index is 1.36. The minimum Gasteiger partial charge on any atom is -0.450 e. The molecule has 3 nitrogen and oxygen atoms in total. The lowest BCUT2D eigenvalue weighted by atomic mass is 10.0. The Morgan fingerprint density at radius 2 is 1.08 bits per heavy atom. The highest BCUT2D eigenvalue weighted by molar-refractivity contribution is 7.26. The Kier molecular flexibility index (Phi) is 3.93. The maximum atomic E-state index is 6.28. The second kappa shape index (κ2) is 7.37. The standard InChI is InChI=1S/C34H19NO2S/c1-3-9-27-21(7-1)23-14-17-26-24(15-16-25-22-8-2-6-12-32(22)38-34(25)26)33(23)35(27)20-13-18-30-31(19-20)37-29-11-5-4-10-28(29)36-30/h1-19H. The van der Waals surface area contributed by atoms with Gasteiger partial charge in [0, 0.05) is 47.8 Å². The zero-order valence-electron chi connectivity index (χ0n) is 20.1. The second-order valence-electron chi connectivity index (χ2n) is 9.73. The van der Waals surface area contributed by atoms with Crippen molar-refractivity contribution in [3.05, 3.63) is 115 Å². The van der Waals surface area contributed by atoms with Crippen LogP contribution in [0, 0.1) is 0 Å². The number of hydrogen-bond donors (Lipinski definition) is 0. The van der Waals surface area contributed by atoms with E-state index < -0.39 is 0 Å². The fraction of sp³-hybridized carbons (Fsp3) is 0. The summed E-state index contributed by atoms with van der Waals surface area (Å²) in [5.41, 5.74) is 3.42. The predicted octanol–water partition coefficient (Wildman–Crippen LogP) is 10.2. The highest BCUT2D eigenvalue weighted by Crippen LogP contribution is 2.47. The van der Waals surface area contributed by atoms with E-state index in [-0.39, 0.29) is 0 Å². The van der Waals surface area contributed by atoms with Gasteiger partial charge in [-0.25, -0.2) is 0 Å². The van der Waals surface area contributed by atoms with E-state index in [9.17, 15) is 0 Å². The number of rotatable bonds is 1. The molecule has 4 heteroatoms. The van der Waals surface area contributed by atoms with Crippen molar-refractivity contribution in [3.63, 3.8) is 0 Å². The molecule has 0 saturated carbocycles. The normalized spacial score (nSPS) is 12.6. The van der Waals surface area contributed by atoms with Crippen molar-refractivity contribution >= 4 is 64.1 Å². The van der Waals surface area contributed by atoms with Crippen molar-refractivity contribution in [3.8, 4) is 28.7 Å². The lowest BCUT2D eigenvalue weighted by Crippen LogP contribution is -2.01. The van der Waals surface area contributed by atoms with Crippen LogP contribution in [0.5, 0.6) is 23.0 Å². The van der Waals surface area contributed by atoms with Crippen LogP contribution >= 0.6 is 11.3 Å². The molecule has 38 heavy (non-hydrogen) atoms. The van der Waals surface area contributed by atoms with Crippen LogP contribution in [0.3, 0.4) is 0 Å². The predicted molar refractivity (Wildman–Crippen MR) is 158 cm³/mol. The molecule has 9 rings (SSSR count). The third-order valence-electron chi connectivity index (χ3n) is 7.65. The highest BCUT2D eigenvalue weighted by Gasteiger charge is 2.21. The molecule has 1 aliphatic heterocycles. The van der Waals surface area contributed by atoms with Crippen molar-refractivity contribution in [2.75, 3.05) is 0 Å². The number of aromatic nitrogens is 1. The molecule has 178 valence electrons. The van der Waals surface area contributed by atoms with E-state index in [1.165, 1.54) is 52.8 Å². The van der Waals surface area contributed by atoms with E-state index in [4.69, 9.17) is 9.47 Å².